The van der Waals surface area contributed by atoms with Crippen LogP contribution in [-0.2, 0) is 24.1 Å². The minimum Gasteiger partial charge on any atom is -0.508 e. The summed E-state index contributed by atoms with van der Waals surface area (Å²) in [5.74, 6) is 2.78. The first-order valence-corrected chi connectivity index (χ1v) is 15.1. The monoisotopic (exact) mass is 590 g/mol. The smallest absolute Gasteiger partial charge is 0.162 e. The van der Waals surface area contributed by atoms with Crippen molar-refractivity contribution < 1.29 is 24.1 Å². The molecular formula is C36H50N2O5. The van der Waals surface area contributed by atoms with E-state index in [1.165, 1.54) is 36.0 Å². The number of methoxy groups -OCH3 is 2. The number of hydrogen-bond acceptors (Lipinski definition) is 7. The third kappa shape index (κ3) is 12.1. The van der Waals surface area contributed by atoms with Crippen LogP contribution in [0.5, 0.6) is 23.0 Å². The third-order valence-corrected chi connectivity index (χ3v) is 7.31. The summed E-state index contributed by atoms with van der Waals surface area (Å²) in [5.41, 5.74) is 5.10. The molecule has 3 aromatic carbocycles. The molecule has 0 amide bonds. The number of aryl methyl sites for hydroxylation is 2. The summed E-state index contributed by atoms with van der Waals surface area (Å²) in [6.45, 7) is 9.84. The van der Waals surface area contributed by atoms with Crippen molar-refractivity contribution in [3.8, 4) is 35.8 Å². The van der Waals surface area contributed by atoms with Crippen molar-refractivity contribution in [3.63, 3.8) is 0 Å². The highest BCUT2D eigenvalue weighted by Gasteiger charge is 2.11. The second kappa shape index (κ2) is 20.1. The Morgan fingerprint density at radius 2 is 1.47 bits per heavy atom. The lowest BCUT2D eigenvalue weighted by atomic mass is 9.92. The molecule has 0 bridgehead atoms. The van der Waals surface area contributed by atoms with E-state index in [4.69, 9.17) is 18.9 Å². The standard InChI is InChI=1S/C24H36N2O4.C10H12O.C2H2/c1-6-26(21-10-13-23(27-4)24(18-21)28-5)19-20-8-11-22(12-9-20)30-17-15-25(3)14-16-29-7-2;11-10-6-5-8-3-1-2-4-9(8)7-10;1-2/h8-13,18H,6-7,14-17,19H2,1-5H3;5-7,11H,1-4H2;1-2H. The highest BCUT2D eigenvalue weighted by molar-refractivity contribution is 5.56. The van der Waals surface area contributed by atoms with Crippen molar-refractivity contribution in [3.05, 3.63) is 77.4 Å². The van der Waals surface area contributed by atoms with Crippen molar-refractivity contribution in [1.29, 1.82) is 0 Å². The fourth-order valence-electron chi connectivity index (χ4n) is 4.83. The predicted octanol–water partition coefficient (Wildman–Crippen LogP) is 6.60. The first-order valence-electron chi connectivity index (χ1n) is 15.1. The molecule has 4 rings (SSSR count). The Labute approximate surface area is 259 Å². The molecule has 1 aliphatic carbocycles. The highest BCUT2D eigenvalue weighted by Crippen LogP contribution is 2.32. The van der Waals surface area contributed by atoms with E-state index < -0.39 is 0 Å². The molecule has 7 heteroatoms. The normalized spacial score (nSPS) is 11.7. The second-order valence-electron chi connectivity index (χ2n) is 10.2. The van der Waals surface area contributed by atoms with Gasteiger partial charge in [-0.3, -0.25) is 0 Å². The van der Waals surface area contributed by atoms with Crippen LogP contribution in [0.15, 0.2) is 60.7 Å². The number of nitrogens with zero attached hydrogens (tertiary/aromatic N) is 2. The zero-order chi connectivity index (χ0) is 31.5. The maximum Gasteiger partial charge on any atom is 0.162 e. The molecule has 43 heavy (non-hydrogen) atoms. The summed E-state index contributed by atoms with van der Waals surface area (Å²) in [4.78, 5) is 4.51. The Kier molecular flexibility index (Phi) is 16.5. The van der Waals surface area contributed by atoms with Crippen molar-refractivity contribution in [2.75, 3.05) is 65.6 Å². The number of benzene rings is 3. The molecular weight excluding hydrogens is 540 g/mol. The molecule has 0 spiro atoms. The van der Waals surface area contributed by atoms with E-state index in [-0.39, 0.29) is 0 Å². The van der Waals surface area contributed by atoms with Crippen LogP contribution >= 0.6 is 0 Å². The summed E-state index contributed by atoms with van der Waals surface area (Å²) in [5, 5.41) is 9.19. The van der Waals surface area contributed by atoms with Gasteiger partial charge in [-0.05, 0) is 99.7 Å². The van der Waals surface area contributed by atoms with Crippen LogP contribution in [0, 0.1) is 12.8 Å². The van der Waals surface area contributed by atoms with Crippen LogP contribution in [0.4, 0.5) is 5.69 Å². The molecule has 0 heterocycles. The van der Waals surface area contributed by atoms with Crippen LogP contribution in [0.1, 0.15) is 43.4 Å². The number of ether oxygens (including phenoxy) is 4. The lowest BCUT2D eigenvalue weighted by Gasteiger charge is -2.24. The van der Waals surface area contributed by atoms with Gasteiger partial charge >= 0.3 is 0 Å². The molecule has 0 saturated heterocycles. The van der Waals surface area contributed by atoms with Gasteiger partial charge in [0, 0.05) is 44.5 Å². The molecule has 3 aromatic rings. The zero-order valence-corrected chi connectivity index (χ0v) is 26.7. The quantitative estimate of drug-likeness (QED) is 0.168. The van der Waals surface area contributed by atoms with Gasteiger partial charge in [0.1, 0.15) is 18.1 Å². The van der Waals surface area contributed by atoms with E-state index in [9.17, 15) is 5.11 Å². The molecule has 0 saturated carbocycles. The summed E-state index contributed by atoms with van der Waals surface area (Å²) < 4.78 is 22.0. The van der Waals surface area contributed by atoms with Gasteiger partial charge in [0.2, 0.25) is 0 Å². The average molecular weight is 591 g/mol. The first kappa shape index (κ1) is 35.3. The van der Waals surface area contributed by atoms with E-state index in [1.807, 2.05) is 43.3 Å². The maximum absolute atomic E-state index is 9.19. The van der Waals surface area contributed by atoms with Crippen molar-refractivity contribution in [2.24, 2.45) is 0 Å². The number of phenols is 1. The molecule has 234 valence electrons. The van der Waals surface area contributed by atoms with Gasteiger partial charge in [-0.1, -0.05) is 18.2 Å². The zero-order valence-electron chi connectivity index (χ0n) is 26.7. The van der Waals surface area contributed by atoms with Crippen LogP contribution in [0.3, 0.4) is 0 Å². The highest BCUT2D eigenvalue weighted by atomic mass is 16.5. The van der Waals surface area contributed by atoms with Gasteiger partial charge in [0.15, 0.2) is 11.5 Å². The van der Waals surface area contributed by atoms with Gasteiger partial charge in [0.25, 0.3) is 0 Å². The minimum absolute atomic E-state index is 0.408. The number of aromatic hydroxyl groups is 1. The van der Waals surface area contributed by atoms with E-state index >= 15 is 0 Å². The first-order chi connectivity index (χ1) is 21.0. The van der Waals surface area contributed by atoms with Crippen molar-refractivity contribution >= 4 is 5.69 Å². The fraction of sp³-hybridized carbons (Fsp3) is 0.444. The molecule has 0 radical (unpaired) electrons. The lowest BCUT2D eigenvalue weighted by Crippen LogP contribution is -2.27. The summed E-state index contributed by atoms with van der Waals surface area (Å²) in [7, 11) is 5.39. The number of anilines is 1. The van der Waals surface area contributed by atoms with Gasteiger partial charge in [-0.25, -0.2) is 0 Å². The summed E-state index contributed by atoms with van der Waals surface area (Å²) in [6, 6.07) is 20.1. The molecule has 0 unspecified atom stereocenters. The number of hydrogen-bond donors (Lipinski definition) is 1. The molecule has 0 aliphatic heterocycles. The van der Waals surface area contributed by atoms with Crippen LogP contribution in [0.25, 0.3) is 0 Å². The van der Waals surface area contributed by atoms with E-state index in [2.05, 4.69) is 54.8 Å². The molecule has 0 aromatic heterocycles. The summed E-state index contributed by atoms with van der Waals surface area (Å²) in [6.07, 6.45) is 12.9. The SMILES string of the molecule is C#C.CCOCCN(C)CCOc1ccc(CN(CC)c2ccc(OC)c(OC)c2)cc1.Oc1ccc2c(c1)CCCC2. The summed E-state index contributed by atoms with van der Waals surface area (Å²) >= 11 is 0. The maximum atomic E-state index is 9.19. The van der Waals surface area contributed by atoms with E-state index in [1.54, 1.807) is 20.3 Å². The Morgan fingerprint density at radius 3 is 2.12 bits per heavy atom. The van der Waals surface area contributed by atoms with Crippen LogP contribution in [0.2, 0.25) is 0 Å². The third-order valence-electron chi connectivity index (χ3n) is 7.31. The predicted molar refractivity (Wildman–Crippen MR) is 177 cm³/mol. The fourth-order valence-corrected chi connectivity index (χ4v) is 4.83. The number of fused-ring (bicyclic) bond motifs is 1. The lowest BCUT2D eigenvalue weighted by molar-refractivity contribution is 0.116. The van der Waals surface area contributed by atoms with Gasteiger partial charge in [-0.15, -0.1) is 12.8 Å². The number of terminal acetylenes is 1. The van der Waals surface area contributed by atoms with Crippen LogP contribution < -0.4 is 19.1 Å². The number of rotatable bonds is 14. The molecule has 0 atom stereocenters. The van der Waals surface area contributed by atoms with Crippen LogP contribution in [-0.4, -0.2) is 70.7 Å². The Bertz CT molecular complexity index is 1210. The van der Waals surface area contributed by atoms with E-state index in [0.29, 0.717) is 12.4 Å². The Hall–Kier alpha value is -3.86. The van der Waals surface area contributed by atoms with Gasteiger partial charge in [-0.2, -0.15) is 0 Å². The van der Waals surface area contributed by atoms with Crippen molar-refractivity contribution in [1.82, 2.24) is 4.90 Å². The molecule has 1 aliphatic rings. The second-order valence-corrected chi connectivity index (χ2v) is 10.2. The minimum atomic E-state index is 0.408. The Morgan fingerprint density at radius 1 is 0.791 bits per heavy atom. The molecule has 7 nitrogen and oxygen atoms in total. The van der Waals surface area contributed by atoms with E-state index in [0.717, 1.165) is 68.7 Å². The molecule has 0 fully saturated rings. The average Bonchev–Trinajstić information content (AvgIpc) is 3.05. The van der Waals surface area contributed by atoms with Gasteiger partial charge in [0.05, 0.1) is 20.8 Å². The topological polar surface area (TPSA) is 63.6 Å². The van der Waals surface area contributed by atoms with Crippen molar-refractivity contribution in [2.45, 2.75) is 46.1 Å². The largest absolute Gasteiger partial charge is 0.508 e. The number of likely N-dealkylation sites (N-methyl/N-ethyl adjacent to an activating group) is 1. The molecule has 1 N–H and O–H groups in total. The number of phenolic OH excluding ortho intramolecular Hbond substituents is 1. The van der Waals surface area contributed by atoms with Gasteiger partial charge < -0.3 is 33.9 Å². The Balaban J connectivity index is 0.000000408.